The fourth-order valence-corrected chi connectivity index (χ4v) is 4.20. The number of hydrogen-bond donors (Lipinski definition) is 2. The lowest BCUT2D eigenvalue weighted by molar-refractivity contribution is 0.0260. The van der Waals surface area contributed by atoms with Gasteiger partial charge in [-0.25, -0.2) is 0 Å². The van der Waals surface area contributed by atoms with E-state index in [9.17, 15) is 5.11 Å². The predicted molar refractivity (Wildman–Crippen MR) is 84.9 cm³/mol. The van der Waals surface area contributed by atoms with Crippen molar-refractivity contribution in [1.29, 1.82) is 0 Å². The molecule has 1 aliphatic carbocycles. The quantitative estimate of drug-likeness (QED) is 0.832. The molecule has 2 N–H and O–H groups in total. The SMILES string of the molecule is CC(C)NC1(CO)CCCC(N2CCC(C)C(C)C2)C1. The molecule has 0 bridgehead atoms. The number of hydrogen-bond acceptors (Lipinski definition) is 3. The zero-order valence-corrected chi connectivity index (χ0v) is 13.9. The smallest absolute Gasteiger partial charge is 0.0613 e. The second-order valence-corrected chi connectivity index (χ2v) is 7.73. The van der Waals surface area contributed by atoms with Crippen LogP contribution in [0.25, 0.3) is 0 Å². The first kappa shape index (κ1) is 16.3. The average Bonchev–Trinajstić information content (AvgIpc) is 2.41. The lowest BCUT2D eigenvalue weighted by Crippen LogP contribution is -2.58. The normalized spacial score (nSPS) is 40.2. The predicted octanol–water partition coefficient (Wildman–Crippen LogP) is 2.64. The summed E-state index contributed by atoms with van der Waals surface area (Å²) in [6.07, 6.45) is 6.12. The van der Waals surface area contributed by atoms with Gasteiger partial charge >= 0.3 is 0 Å². The summed E-state index contributed by atoms with van der Waals surface area (Å²) in [4.78, 5) is 2.70. The molecule has 1 saturated heterocycles. The van der Waals surface area contributed by atoms with E-state index in [0.717, 1.165) is 24.7 Å². The molecule has 1 saturated carbocycles. The largest absolute Gasteiger partial charge is 0.394 e. The highest BCUT2D eigenvalue weighted by Gasteiger charge is 2.39. The van der Waals surface area contributed by atoms with Gasteiger partial charge in [-0.05, 0) is 50.5 Å². The second-order valence-electron chi connectivity index (χ2n) is 7.73. The van der Waals surface area contributed by atoms with Crippen LogP contribution in [-0.2, 0) is 0 Å². The van der Waals surface area contributed by atoms with E-state index in [1.807, 2.05) is 0 Å². The molecule has 3 nitrogen and oxygen atoms in total. The van der Waals surface area contributed by atoms with Gasteiger partial charge in [-0.3, -0.25) is 0 Å². The topological polar surface area (TPSA) is 35.5 Å². The maximum atomic E-state index is 9.92. The molecular weight excluding hydrogens is 248 g/mol. The van der Waals surface area contributed by atoms with Gasteiger partial charge in [0.05, 0.1) is 6.61 Å². The van der Waals surface area contributed by atoms with Gasteiger partial charge in [-0.2, -0.15) is 0 Å². The summed E-state index contributed by atoms with van der Waals surface area (Å²) in [6.45, 7) is 11.9. The minimum absolute atomic E-state index is 0.0383. The van der Waals surface area contributed by atoms with Gasteiger partial charge in [0.1, 0.15) is 0 Å². The fraction of sp³-hybridized carbons (Fsp3) is 1.00. The summed E-state index contributed by atoms with van der Waals surface area (Å²) in [6, 6.07) is 1.11. The van der Waals surface area contributed by atoms with Crippen LogP contribution in [0.5, 0.6) is 0 Å². The van der Waals surface area contributed by atoms with Crippen molar-refractivity contribution >= 4 is 0 Å². The number of likely N-dealkylation sites (tertiary alicyclic amines) is 1. The van der Waals surface area contributed by atoms with E-state index in [1.165, 1.54) is 32.4 Å². The number of rotatable bonds is 4. The van der Waals surface area contributed by atoms with Crippen molar-refractivity contribution in [3.63, 3.8) is 0 Å². The lowest BCUT2D eigenvalue weighted by atomic mass is 9.77. The Morgan fingerprint density at radius 3 is 2.60 bits per heavy atom. The molecule has 0 radical (unpaired) electrons. The molecule has 0 spiro atoms. The molecule has 0 amide bonds. The first-order valence-electron chi connectivity index (χ1n) is 8.58. The summed E-state index contributed by atoms with van der Waals surface area (Å²) >= 11 is 0. The zero-order chi connectivity index (χ0) is 14.8. The van der Waals surface area contributed by atoms with Gasteiger partial charge in [0.15, 0.2) is 0 Å². The Kier molecular flexibility index (Phi) is 5.49. The molecule has 118 valence electrons. The standard InChI is InChI=1S/C17H34N2O/c1-13(2)18-17(12-20)8-5-6-16(10-17)19-9-7-14(3)15(4)11-19/h13-16,18,20H,5-12H2,1-4H3. The Morgan fingerprint density at radius 2 is 2.00 bits per heavy atom. The number of aliphatic hydroxyl groups excluding tert-OH is 1. The Morgan fingerprint density at radius 1 is 1.25 bits per heavy atom. The number of aliphatic hydroxyl groups is 1. The van der Waals surface area contributed by atoms with Gasteiger partial charge in [0.2, 0.25) is 0 Å². The highest BCUT2D eigenvalue weighted by atomic mass is 16.3. The van der Waals surface area contributed by atoms with E-state index in [0.29, 0.717) is 12.1 Å². The molecule has 0 aromatic heterocycles. The van der Waals surface area contributed by atoms with E-state index < -0.39 is 0 Å². The third-order valence-electron chi connectivity index (χ3n) is 5.60. The minimum Gasteiger partial charge on any atom is -0.394 e. The monoisotopic (exact) mass is 282 g/mol. The van der Waals surface area contributed by atoms with Gasteiger partial charge in [-0.1, -0.05) is 27.7 Å². The van der Waals surface area contributed by atoms with Crippen molar-refractivity contribution in [2.75, 3.05) is 19.7 Å². The molecule has 2 fully saturated rings. The first-order valence-corrected chi connectivity index (χ1v) is 8.58. The first-order chi connectivity index (χ1) is 9.46. The van der Waals surface area contributed by atoms with E-state index >= 15 is 0 Å². The molecule has 2 aliphatic rings. The van der Waals surface area contributed by atoms with Crippen molar-refractivity contribution < 1.29 is 5.11 Å². The fourth-order valence-electron chi connectivity index (χ4n) is 4.20. The maximum absolute atomic E-state index is 9.92. The highest BCUT2D eigenvalue weighted by molar-refractivity contribution is 4.98. The molecule has 1 heterocycles. The Bertz CT molecular complexity index is 307. The van der Waals surface area contributed by atoms with Crippen molar-refractivity contribution in [2.24, 2.45) is 11.8 Å². The molecule has 0 aromatic carbocycles. The van der Waals surface area contributed by atoms with Crippen LogP contribution in [-0.4, -0.2) is 47.3 Å². The Labute approximate surface area is 125 Å². The van der Waals surface area contributed by atoms with Gasteiger partial charge in [0, 0.05) is 24.2 Å². The molecular formula is C17H34N2O. The van der Waals surface area contributed by atoms with E-state index in [4.69, 9.17) is 0 Å². The van der Waals surface area contributed by atoms with Crippen LogP contribution in [0.1, 0.15) is 59.8 Å². The molecule has 4 atom stereocenters. The zero-order valence-electron chi connectivity index (χ0n) is 13.9. The van der Waals surface area contributed by atoms with Crippen molar-refractivity contribution in [3.8, 4) is 0 Å². The summed E-state index contributed by atoms with van der Waals surface area (Å²) in [7, 11) is 0. The summed E-state index contributed by atoms with van der Waals surface area (Å²) in [5.41, 5.74) is -0.0383. The number of nitrogens with zero attached hydrogens (tertiary/aromatic N) is 1. The molecule has 3 heteroatoms. The van der Waals surface area contributed by atoms with Gasteiger partial charge in [-0.15, -0.1) is 0 Å². The molecule has 4 unspecified atom stereocenters. The van der Waals surface area contributed by atoms with Crippen molar-refractivity contribution in [3.05, 3.63) is 0 Å². The average molecular weight is 282 g/mol. The minimum atomic E-state index is -0.0383. The van der Waals surface area contributed by atoms with Crippen LogP contribution in [0.3, 0.4) is 0 Å². The van der Waals surface area contributed by atoms with Crippen molar-refractivity contribution in [2.45, 2.75) is 77.4 Å². The van der Waals surface area contributed by atoms with Crippen molar-refractivity contribution in [1.82, 2.24) is 10.2 Å². The number of piperidine rings is 1. The number of nitrogens with one attached hydrogen (secondary N) is 1. The van der Waals surface area contributed by atoms with Crippen LogP contribution >= 0.6 is 0 Å². The third kappa shape index (κ3) is 3.75. The van der Waals surface area contributed by atoms with Crippen LogP contribution in [0.4, 0.5) is 0 Å². The van der Waals surface area contributed by atoms with E-state index in [-0.39, 0.29) is 12.1 Å². The maximum Gasteiger partial charge on any atom is 0.0613 e. The van der Waals surface area contributed by atoms with Gasteiger partial charge in [0.25, 0.3) is 0 Å². The van der Waals surface area contributed by atoms with Crippen LogP contribution < -0.4 is 5.32 Å². The highest BCUT2D eigenvalue weighted by Crippen LogP contribution is 2.34. The van der Waals surface area contributed by atoms with E-state index in [2.05, 4.69) is 37.9 Å². The molecule has 1 aliphatic heterocycles. The van der Waals surface area contributed by atoms with Crippen LogP contribution in [0.2, 0.25) is 0 Å². The summed E-state index contributed by atoms with van der Waals surface area (Å²) in [5, 5.41) is 13.6. The Balaban J connectivity index is 1.99. The lowest BCUT2D eigenvalue weighted by Gasteiger charge is -2.48. The summed E-state index contributed by atoms with van der Waals surface area (Å²) < 4.78 is 0. The summed E-state index contributed by atoms with van der Waals surface area (Å²) in [5.74, 6) is 1.68. The van der Waals surface area contributed by atoms with Crippen LogP contribution in [0.15, 0.2) is 0 Å². The molecule has 20 heavy (non-hydrogen) atoms. The van der Waals surface area contributed by atoms with Gasteiger partial charge < -0.3 is 15.3 Å². The molecule has 2 rings (SSSR count). The second kappa shape index (κ2) is 6.76. The molecule has 0 aromatic rings. The van der Waals surface area contributed by atoms with E-state index in [1.54, 1.807) is 0 Å². The third-order valence-corrected chi connectivity index (χ3v) is 5.60. The Hall–Kier alpha value is -0.120. The van der Waals surface area contributed by atoms with Crippen LogP contribution in [0, 0.1) is 11.8 Å².